The average Bonchev–Trinajstić information content (AvgIpc) is 2.86. The summed E-state index contributed by atoms with van der Waals surface area (Å²) >= 11 is 0. The summed E-state index contributed by atoms with van der Waals surface area (Å²) in [7, 11) is 0. The third-order valence-electron chi connectivity index (χ3n) is 3.07. The van der Waals surface area contributed by atoms with Gasteiger partial charge in [-0.15, -0.1) is 0 Å². The summed E-state index contributed by atoms with van der Waals surface area (Å²) < 4.78 is 10.9. The van der Waals surface area contributed by atoms with Gasteiger partial charge in [-0.05, 0) is 25.5 Å². The Balaban J connectivity index is 1.68. The lowest BCUT2D eigenvalue weighted by Crippen LogP contribution is -2.25. The molecule has 4 heteroatoms. The van der Waals surface area contributed by atoms with Crippen LogP contribution in [0.4, 0.5) is 0 Å². The first-order valence-electron chi connectivity index (χ1n) is 7.11. The fourth-order valence-electron chi connectivity index (χ4n) is 2.05. The lowest BCUT2D eigenvalue weighted by atomic mass is 10.2. The number of ether oxygens (including phenoxy) is 1. The highest BCUT2D eigenvalue weighted by Crippen LogP contribution is 2.18. The maximum Gasteiger partial charge on any atom is 0.220 e. The first-order chi connectivity index (χ1) is 9.79. The number of para-hydroxylation sites is 1. The molecule has 0 fully saturated rings. The van der Waals surface area contributed by atoms with Crippen LogP contribution in [0.5, 0.6) is 0 Å². The molecule has 2 rings (SSSR count). The number of benzene rings is 1. The average molecular weight is 275 g/mol. The predicted molar refractivity (Wildman–Crippen MR) is 78.7 cm³/mol. The van der Waals surface area contributed by atoms with Crippen LogP contribution in [0.2, 0.25) is 0 Å². The van der Waals surface area contributed by atoms with Gasteiger partial charge >= 0.3 is 0 Å². The van der Waals surface area contributed by atoms with Gasteiger partial charge in [0.05, 0.1) is 0 Å². The number of carbonyl (C=O) groups is 1. The van der Waals surface area contributed by atoms with E-state index in [1.54, 1.807) is 0 Å². The molecule has 0 bridgehead atoms. The molecule has 1 heterocycles. The Hall–Kier alpha value is -1.81. The molecule has 0 atom stereocenters. The van der Waals surface area contributed by atoms with Crippen LogP contribution in [0.25, 0.3) is 11.0 Å². The zero-order valence-corrected chi connectivity index (χ0v) is 11.9. The van der Waals surface area contributed by atoms with E-state index in [9.17, 15) is 4.79 Å². The lowest BCUT2D eigenvalue weighted by molar-refractivity contribution is -0.121. The predicted octanol–water partition coefficient (Wildman–Crippen LogP) is 2.91. The van der Waals surface area contributed by atoms with E-state index in [0.29, 0.717) is 32.6 Å². The fraction of sp³-hybridized carbons (Fsp3) is 0.438. The third kappa shape index (κ3) is 4.38. The molecule has 0 radical (unpaired) electrons. The number of hydrogen-bond acceptors (Lipinski definition) is 3. The molecule has 0 spiro atoms. The Morgan fingerprint density at radius 3 is 3.00 bits per heavy atom. The highest BCUT2D eigenvalue weighted by Gasteiger charge is 2.04. The largest absolute Gasteiger partial charge is 0.461 e. The van der Waals surface area contributed by atoms with E-state index in [1.165, 1.54) is 0 Å². The van der Waals surface area contributed by atoms with Gasteiger partial charge in [-0.1, -0.05) is 18.2 Å². The van der Waals surface area contributed by atoms with Crippen LogP contribution in [0.3, 0.4) is 0 Å². The molecule has 4 nitrogen and oxygen atoms in total. The van der Waals surface area contributed by atoms with Crippen LogP contribution in [-0.4, -0.2) is 25.7 Å². The number of carbonyl (C=O) groups excluding carboxylic acids is 1. The number of nitrogens with one attached hydrogen (secondary N) is 1. The Kier molecular flexibility index (Phi) is 5.62. The second kappa shape index (κ2) is 7.70. The fourth-order valence-corrected chi connectivity index (χ4v) is 2.05. The highest BCUT2D eigenvalue weighted by atomic mass is 16.5. The van der Waals surface area contributed by atoms with Crippen molar-refractivity contribution in [3.63, 3.8) is 0 Å². The van der Waals surface area contributed by atoms with E-state index in [4.69, 9.17) is 9.15 Å². The number of amides is 1. The number of rotatable bonds is 8. The maximum atomic E-state index is 11.6. The normalized spacial score (nSPS) is 10.8. The molecule has 1 aromatic carbocycles. The molecule has 2 aromatic rings. The summed E-state index contributed by atoms with van der Waals surface area (Å²) in [5.74, 6) is 0.974. The van der Waals surface area contributed by atoms with Gasteiger partial charge in [0.2, 0.25) is 5.91 Å². The van der Waals surface area contributed by atoms with Crippen molar-refractivity contribution in [2.45, 2.75) is 26.2 Å². The molecule has 1 amide bonds. The van der Waals surface area contributed by atoms with Crippen molar-refractivity contribution in [3.8, 4) is 0 Å². The minimum Gasteiger partial charge on any atom is -0.461 e. The van der Waals surface area contributed by atoms with Crippen molar-refractivity contribution in [2.24, 2.45) is 0 Å². The van der Waals surface area contributed by atoms with Gasteiger partial charge in [-0.2, -0.15) is 0 Å². The lowest BCUT2D eigenvalue weighted by Gasteiger charge is -2.04. The topological polar surface area (TPSA) is 51.5 Å². The summed E-state index contributed by atoms with van der Waals surface area (Å²) in [6, 6.07) is 9.94. The van der Waals surface area contributed by atoms with E-state index in [0.717, 1.165) is 23.2 Å². The van der Waals surface area contributed by atoms with Gasteiger partial charge < -0.3 is 14.5 Å². The van der Waals surface area contributed by atoms with Crippen LogP contribution in [-0.2, 0) is 16.0 Å². The summed E-state index contributed by atoms with van der Waals surface area (Å²) in [5, 5.41) is 4.00. The van der Waals surface area contributed by atoms with Crippen molar-refractivity contribution in [1.82, 2.24) is 5.32 Å². The summed E-state index contributed by atoms with van der Waals surface area (Å²) in [4.78, 5) is 11.6. The molecular formula is C16H21NO3. The Bertz CT molecular complexity index is 514. The highest BCUT2D eigenvalue weighted by molar-refractivity contribution is 5.78. The maximum absolute atomic E-state index is 11.6. The van der Waals surface area contributed by atoms with E-state index >= 15 is 0 Å². The molecule has 108 valence electrons. The van der Waals surface area contributed by atoms with Crippen molar-refractivity contribution in [2.75, 3.05) is 19.8 Å². The van der Waals surface area contributed by atoms with Crippen LogP contribution in [0, 0.1) is 0 Å². The van der Waals surface area contributed by atoms with E-state index < -0.39 is 0 Å². The summed E-state index contributed by atoms with van der Waals surface area (Å²) in [5.41, 5.74) is 0.894. The second-order valence-corrected chi connectivity index (χ2v) is 4.65. The van der Waals surface area contributed by atoms with Gasteiger partial charge in [0.15, 0.2) is 0 Å². The standard InChI is InChI=1S/C16H21NO3/c1-2-19-11-5-8-16(18)17-10-9-14-12-13-6-3-4-7-15(13)20-14/h3-4,6-7,12H,2,5,8-11H2,1H3,(H,17,18). The monoisotopic (exact) mass is 275 g/mol. The zero-order chi connectivity index (χ0) is 14.2. The number of fused-ring (bicyclic) bond motifs is 1. The minimum atomic E-state index is 0.0702. The SMILES string of the molecule is CCOCCCC(=O)NCCc1cc2ccccc2o1. The van der Waals surface area contributed by atoms with Crippen LogP contribution >= 0.6 is 0 Å². The molecular weight excluding hydrogens is 254 g/mol. The molecule has 0 saturated carbocycles. The summed E-state index contributed by atoms with van der Waals surface area (Å²) in [6.45, 7) is 3.90. The summed E-state index contributed by atoms with van der Waals surface area (Å²) in [6.07, 6.45) is 2.00. The molecule has 0 saturated heterocycles. The smallest absolute Gasteiger partial charge is 0.220 e. The Morgan fingerprint density at radius 1 is 1.35 bits per heavy atom. The molecule has 0 aliphatic rings. The van der Waals surface area contributed by atoms with Gasteiger partial charge in [0.25, 0.3) is 0 Å². The van der Waals surface area contributed by atoms with Crippen molar-refractivity contribution < 1.29 is 13.9 Å². The number of furan rings is 1. The van der Waals surface area contributed by atoms with Gasteiger partial charge in [-0.25, -0.2) is 0 Å². The van der Waals surface area contributed by atoms with E-state index in [2.05, 4.69) is 5.32 Å². The van der Waals surface area contributed by atoms with E-state index in [1.807, 2.05) is 37.3 Å². The molecule has 0 aliphatic heterocycles. The minimum absolute atomic E-state index is 0.0702. The van der Waals surface area contributed by atoms with E-state index in [-0.39, 0.29) is 5.91 Å². The molecule has 0 aliphatic carbocycles. The van der Waals surface area contributed by atoms with Crippen molar-refractivity contribution >= 4 is 16.9 Å². The quantitative estimate of drug-likeness (QED) is 0.754. The number of hydrogen-bond donors (Lipinski definition) is 1. The van der Waals surface area contributed by atoms with Crippen LogP contribution in [0.15, 0.2) is 34.7 Å². The van der Waals surface area contributed by atoms with Crippen LogP contribution < -0.4 is 5.32 Å². The Morgan fingerprint density at radius 2 is 2.20 bits per heavy atom. The van der Waals surface area contributed by atoms with Crippen LogP contribution in [0.1, 0.15) is 25.5 Å². The third-order valence-corrected chi connectivity index (χ3v) is 3.07. The Labute approximate surface area is 119 Å². The molecule has 1 aromatic heterocycles. The zero-order valence-electron chi connectivity index (χ0n) is 11.9. The van der Waals surface area contributed by atoms with Gasteiger partial charge in [0, 0.05) is 38.0 Å². The molecule has 1 N–H and O–H groups in total. The second-order valence-electron chi connectivity index (χ2n) is 4.65. The van der Waals surface area contributed by atoms with Gasteiger partial charge in [0.1, 0.15) is 11.3 Å². The first-order valence-corrected chi connectivity index (χ1v) is 7.11. The van der Waals surface area contributed by atoms with Crippen molar-refractivity contribution in [3.05, 3.63) is 36.1 Å². The van der Waals surface area contributed by atoms with Gasteiger partial charge in [-0.3, -0.25) is 4.79 Å². The molecule has 0 unspecified atom stereocenters. The molecule has 20 heavy (non-hydrogen) atoms. The van der Waals surface area contributed by atoms with Crippen molar-refractivity contribution in [1.29, 1.82) is 0 Å². The first kappa shape index (κ1) is 14.6.